The summed E-state index contributed by atoms with van der Waals surface area (Å²) >= 11 is 0. The molecule has 0 saturated carbocycles. The Labute approximate surface area is 205 Å². The number of hydrogen-bond acceptors (Lipinski definition) is 5. The summed E-state index contributed by atoms with van der Waals surface area (Å²) in [7, 11) is 0. The summed E-state index contributed by atoms with van der Waals surface area (Å²) in [5.41, 5.74) is 6.23. The monoisotopic (exact) mass is 469 g/mol. The molecule has 1 saturated heterocycles. The van der Waals surface area contributed by atoms with Crippen LogP contribution >= 0.6 is 0 Å². The zero-order valence-electron chi connectivity index (χ0n) is 20.5. The topological polar surface area (TPSA) is 79.2 Å². The van der Waals surface area contributed by atoms with Crippen LogP contribution < -0.4 is 10.2 Å². The van der Waals surface area contributed by atoms with Crippen LogP contribution in [0.3, 0.4) is 0 Å². The van der Waals surface area contributed by atoms with Crippen molar-refractivity contribution in [3.05, 3.63) is 77.1 Å². The molecule has 2 aromatic heterocycles. The van der Waals surface area contributed by atoms with Crippen molar-refractivity contribution in [2.75, 3.05) is 37.6 Å². The fraction of sp³-hybridized carbons (Fsp3) is 0.333. The third-order valence-electron chi connectivity index (χ3n) is 6.66. The summed E-state index contributed by atoms with van der Waals surface area (Å²) in [4.78, 5) is 16.7. The van der Waals surface area contributed by atoms with Gasteiger partial charge in [0, 0.05) is 32.7 Å². The Balaban J connectivity index is 1.28. The van der Waals surface area contributed by atoms with E-state index in [9.17, 15) is 4.79 Å². The maximum atomic E-state index is 12.7. The minimum absolute atomic E-state index is 0.0137. The molecule has 0 atom stereocenters. The molecule has 5 rings (SSSR count). The fourth-order valence-corrected chi connectivity index (χ4v) is 4.65. The van der Waals surface area contributed by atoms with Crippen LogP contribution in [0.2, 0.25) is 0 Å². The Kier molecular flexibility index (Phi) is 6.35. The Morgan fingerprint density at radius 3 is 2.34 bits per heavy atom. The molecule has 0 unspecified atom stereocenters. The molecule has 1 aliphatic heterocycles. The number of fused-ring (bicyclic) bond motifs is 1. The van der Waals surface area contributed by atoms with Gasteiger partial charge in [0.15, 0.2) is 5.82 Å². The van der Waals surface area contributed by atoms with E-state index < -0.39 is 0 Å². The number of carbonyl (C=O) groups is 1. The highest BCUT2D eigenvalue weighted by Gasteiger charge is 2.26. The van der Waals surface area contributed by atoms with Crippen LogP contribution in [0.25, 0.3) is 16.6 Å². The average Bonchev–Trinajstić information content (AvgIpc) is 3.23. The number of amides is 2. The first kappa shape index (κ1) is 22.8. The molecular weight excluding hydrogens is 438 g/mol. The SMILES string of the molecule is Cc1ccc(-n2nc3c(N4CCN(C(=O)NCCc5ccccc5)CC4)nnc(C)c3c2C)cc1. The van der Waals surface area contributed by atoms with Crippen molar-refractivity contribution >= 4 is 22.8 Å². The van der Waals surface area contributed by atoms with Crippen molar-refractivity contribution < 1.29 is 4.79 Å². The van der Waals surface area contributed by atoms with Crippen LogP contribution in [0.5, 0.6) is 0 Å². The van der Waals surface area contributed by atoms with E-state index in [1.807, 2.05) is 34.7 Å². The van der Waals surface area contributed by atoms with Crippen molar-refractivity contribution in [2.24, 2.45) is 0 Å². The van der Waals surface area contributed by atoms with Gasteiger partial charge in [-0.15, -0.1) is 5.10 Å². The number of rotatable bonds is 5. The second kappa shape index (κ2) is 9.74. The molecule has 2 aromatic carbocycles. The van der Waals surface area contributed by atoms with E-state index in [1.165, 1.54) is 11.1 Å². The van der Waals surface area contributed by atoms with Gasteiger partial charge in [0.2, 0.25) is 0 Å². The van der Waals surface area contributed by atoms with Gasteiger partial charge < -0.3 is 15.1 Å². The standard InChI is InChI=1S/C27H31N7O/c1-19-9-11-23(12-10-19)34-21(3)24-20(2)29-30-26(25(24)31-34)32-15-17-33(18-16-32)27(35)28-14-13-22-7-5-4-6-8-22/h4-12H,13-18H2,1-3H3,(H,28,35). The van der Waals surface area contributed by atoms with Crippen LogP contribution in [0.4, 0.5) is 10.6 Å². The minimum atomic E-state index is -0.0137. The highest BCUT2D eigenvalue weighted by atomic mass is 16.2. The zero-order valence-corrected chi connectivity index (χ0v) is 20.5. The Morgan fingerprint density at radius 2 is 1.63 bits per heavy atom. The molecule has 0 bridgehead atoms. The summed E-state index contributed by atoms with van der Waals surface area (Å²) in [6, 6.07) is 18.5. The highest BCUT2D eigenvalue weighted by Crippen LogP contribution is 2.29. The summed E-state index contributed by atoms with van der Waals surface area (Å²) < 4.78 is 1.97. The second-order valence-corrected chi connectivity index (χ2v) is 9.11. The van der Waals surface area contributed by atoms with E-state index in [0.29, 0.717) is 32.7 Å². The fourth-order valence-electron chi connectivity index (χ4n) is 4.65. The number of nitrogens with zero attached hydrogens (tertiary/aromatic N) is 6. The molecule has 180 valence electrons. The maximum absolute atomic E-state index is 12.7. The normalized spacial score (nSPS) is 13.9. The van der Waals surface area contributed by atoms with Gasteiger partial charge in [-0.1, -0.05) is 48.0 Å². The third kappa shape index (κ3) is 4.69. The van der Waals surface area contributed by atoms with E-state index in [1.54, 1.807) is 0 Å². The predicted molar refractivity (Wildman–Crippen MR) is 138 cm³/mol. The van der Waals surface area contributed by atoms with Gasteiger partial charge in [-0.05, 0) is 44.9 Å². The molecule has 0 spiro atoms. The van der Waals surface area contributed by atoms with Gasteiger partial charge in [-0.25, -0.2) is 9.48 Å². The Morgan fingerprint density at radius 1 is 0.914 bits per heavy atom. The van der Waals surface area contributed by atoms with Crippen molar-refractivity contribution in [2.45, 2.75) is 27.2 Å². The zero-order chi connectivity index (χ0) is 24.4. The highest BCUT2D eigenvalue weighted by molar-refractivity contribution is 5.92. The quantitative estimate of drug-likeness (QED) is 0.481. The van der Waals surface area contributed by atoms with Crippen LogP contribution in [0.15, 0.2) is 54.6 Å². The summed E-state index contributed by atoms with van der Waals surface area (Å²) in [6.45, 7) is 9.40. The third-order valence-corrected chi connectivity index (χ3v) is 6.66. The lowest BCUT2D eigenvalue weighted by Gasteiger charge is -2.35. The minimum Gasteiger partial charge on any atom is -0.350 e. The largest absolute Gasteiger partial charge is 0.350 e. The van der Waals surface area contributed by atoms with Gasteiger partial charge in [0.05, 0.1) is 22.5 Å². The number of hydrogen-bond donors (Lipinski definition) is 1. The van der Waals surface area contributed by atoms with E-state index in [-0.39, 0.29) is 6.03 Å². The number of aryl methyl sites for hydroxylation is 3. The smallest absolute Gasteiger partial charge is 0.317 e. The molecule has 35 heavy (non-hydrogen) atoms. The van der Waals surface area contributed by atoms with Crippen molar-refractivity contribution in [3.8, 4) is 5.69 Å². The molecule has 1 aliphatic rings. The number of piperazine rings is 1. The number of nitrogens with one attached hydrogen (secondary N) is 1. The number of urea groups is 1. The van der Waals surface area contributed by atoms with Crippen LogP contribution in [-0.2, 0) is 6.42 Å². The molecule has 8 heteroatoms. The van der Waals surface area contributed by atoms with Gasteiger partial charge in [0.25, 0.3) is 0 Å². The van der Waals surface area contributed by atoms with Crippen molar-refractivity contribution in [3.63, 3.8) is 0 Å². The van der Waals surface area contributed by atoms with Crippen LogP contribution in [0.1, 0.15) is 22.5 Å². The maximum Gasteiger partial charge on any atom is 0.317 e. The lowest BCUT2D eigenvalue weighted by Crippen LogP contribution is -2.52. The number of anilines is 1. The first-order valence-electron chi connectivity index (χ1n) is 12.1. The molecule has 2 amide bonds. The average molecular weight is 470 g/mol. The molecule has 8 nitrogen and oxygen atoms in total. The first-order chi connectivity index (χ1) is 17.0. The number of aromatic nitrogens is 4. The number of benzene rings is 2. The summed E-state index contributed by atoms with van der Waals surface area (Å²) in [5, 5.41) is 18.0. The first-order valence-corrected chi connectivity index (χ1v) is 12.1. The molecule has 4 aromatic rings. The van der Waals surface area contributed by atoms with Gasteiger partial charge in [0.1, 0.15) is 5.52 Å². The lowest BCUT2D eigenvalue weighted by molar-refractivity contribution is 0.194. The number of carbonyl (C=O) groups excluding carboxylic acids is 1. The van der Waals surface area contributed by atoms with Crippen LogP contribution in [-0.4, -0.2) is 63.6 Å². The molecule has 0 aliphatic carbocycles. The van der Waals surface area contributed by atoms with E-state index in [4.69, 9.17) is 5.10 Å². The molecular formula is C27H31N7O. The van der Waals surface area contributed by atoms with E-state index >= 15 is 0 Å². The van der Waals surface area contributed by atoms with Gasteiger partial charge >= 0.3 is 6.03 Å². The molecule has 1 fully saturated rings. The molecule has 1 N–H and O–H groups in total. The summed E-state index contributed by atoms with van der Waals surface area (Å²) in [6.07, 6.45) is 0.826. The Bertz CT molecular complexity index is 1320. The second-order valence-electron chi connectivity index (χ2n) is 9.11. The Hall–Kier alpha value is -3.94. The summed E-state index contributed by atoms with van der Waals surface area (Å²) in [5.74, 6) is 0.781. The lowest BCUT2D eigenvalue weighted by atomic mass is 10.1. The van der Waals surface area contributed by atoms with Gasteiger partial charge in [-0.2, -0.15) is 10.2 Å². The molecule has 3 heterocycles. The van der Waals surface area contributed by atoms with Crippen LogP contribution in [0, 0.1) is 20.8 Å². The van der Waals surface area contributed by atoms with E-state index in [2.05, 4.69) is 70.7 Å². The molecule has 0 radical (unpaired) electrons. The van der Waals surface area contributed by atoms with Gasteiger partial charge in [-0.3, -0.25) is 0 Å². The predicted octanol–water partition coefficient (Wildman–Crippen LogP) is 3.82. The van der Waals surface area contributed by atoms with Crippen molar-refractivity contribution in [1.82, 2.24) is 30.2 Å². The van der Waals surface area contributed by atoms with Crippen molar-refractivity contribution in [1.29, 1.82) is 0 Å². The van der Waals surface area contributed by atoms with E-state index in [0.717, 1.165) is 40.2 Å².